The summed E-state index contributed by atoms with van der Waals surface area (Å²) < 4.78 is 13.2. The number of benzene rings is 1. The molecule has 0 aromatic heterocycles. The predicted molar refractivity (Wildman–Crippen MR) is 65.5 cm³/mol. The van der Waals surface area contributed by atoms with Gasteiger partial charge in [0, 0.05) is 12.3 Å². The molecule has 4 nitrogen and oxygen atoms in total. The number of hydrogen-bond donors (Lipinski definition) is 4. The topological polar surface area (TPSA) is 61.4 Å². The Labute approximate surface area is 105 Å². The lowest BCUT2D eigenvalue weighted by Gasteiger charge is -2.14. The van der Waals surface area contributed by atoms with E-state index < -0.39 is 11.9 Å². The van der Waals surface area contributed by atoms with Gasteiger partial charge in [0.2, 0.25) is 0 Å². The number of carbonyl (C=O) groups is 1. The molecule has 0 aliphatic carbocycles. The van der Waals surface area contributed by atoms with Crippen LogP contribution in [0.4, 0.5) is 4.39 Å². The van der Waals surface area contributed by atoms with Gasteiger partial charge in [-0.15, -0.1) is 0 Å². The van der Waals surface area contributed by atoms with Crippen LogP contribution in [0.2, 0.25) is 0 Å². The molecule has 1 rings (SSSR count). The molecular formula is C11H15FN2O2S. The van der Waals surface area contributed by atoms with E-state index in [1.54, 1.807) is 24.5 Å². The van der Waals surface area contributed by atoms with Gasteiger partial charge in [-0.3, -0.25) is 10.0 Å². The summed E-state index contributed by atoms with van der Waals surface area (Å²) in [6.45, 7) is 2.01. The average molecular weight is 258 g/mol. The molecule has 1 aromatic rings. The number of thiol groups is 1. The van der Waals surface area contributed by atoms with Crippen molar-refractivity contribution in [1.82, 2.24) is 10.8 Å². The van der Waals surface area contributed by atoms with Crippen molar-refractivity contribution in [3.63, 3.8) is 0 Å². The maximum Gasteiger partial charge on any atom is 0.261 e. The number of halogens is 1. The second kappa shape index (κ2) is 6.58. The smallest absolute Gasteiger partial charge is 0.261 e. The summed E-state index contributed by atoms with van der Waals surface area (Å²) in [5, 5.41) is 11.3. The third kappa shape index (κ3) is 3.99. The van der Waals surface area contributed by atoms with Gasteiger partial charge in [0.1, 0.15) is 5.82 Å². The Hall–Kier alpha value is -1.11. The van der Waals surface area contributed by atoms with Crippen LogP contribution in [0.25, 0.3) is 0 Å². The Morgan fingerprint density at radius 3 is 2.82 bits per heavy atom. The number of aryl methyl sites for hydroxylation is 1. The summed E-state index contributed by atoms with van der Waals surface area (Å²) in [5.41, 5.74) is 2.85. The van der Waals surface area contributed by atoms with Crippen molar-refractivity contribution in [3.05, 3.63) is 35.1 Å². The first-order valence-electron chi connectivity index (χ1n) is 5.11. The summed E-state index contributed by atoms with van der Waals surface area (Å²) in [4.78, 5) is 11.1. The van der Waals surface area contributed by atoms with Gasteiger partial charge < -0.3 is 5.32 Å². The number of hydroxylamine groups is 1. The van der Waals surface area contributed by atoms with Gasteiger partial charge in [-0.2, -0.15) is 12.6 Å². The van der Waals surface area contributed by atoms with E-state index >= 15 is 0 Å². The molecule has 94 valence electrons. The second-order valence-electron chi connectivity index (χ2n) is 3.68. The van der Waals surface area contributed by atoms with Crippen LogP contribution in [0.3, 0.4) is 0 Å². The second-order valence-corrected chi connectivity index (χ2v) is 4.04. The highest BCUT2D eigenvalue weighted by atomic mass is 32.1. The molecule has 6 heteroatoms. The van der Waals surface area contributed by atoms with Crippen molar-refractivity contribution >= 4 is 18.5 Å². The molecule has 0 aliphatic heterocycles. The van der Waals surface area contributed by atoms with E-state index in [1.165, 1.54) is 6.07 Å². The van der Waals surface area contributed by atoms with Crippen LogP contribution in [0.15, 0.2) is 18.2 Å². The van der Waals surface area contributed by atoms with Crippen LogP contribution in [0.1, 0.15) is 11.1 Å². The first-order chi connectivity index (χ1) is 8.08. The Bertz CT molecular complexity index is 401. The molecule has 0 heterocycles. The lowest BCUT2D eigenvalue weighted by atomic mass is 10.1. The molecule has 0 fully saturated rings. The zero-order valence-electron chi connectivity index (χ0n) is 9.40. The van der Waals surface area contributed by atoms with Gasteiger partial charge in [0.15, 0.2) is 0 Å². The Balaban J connectivity index is 2.59. The first kappa shape index (κ1) is 14.0. The van der Waals surface area contributed by atoms with Gasteiger partial charge in [0.05, 0.1) is 6.04 Å². The van der Waals surface area contributed by atoms with Gasteiger partial charge in [0.25, 0.3) is 5.91 Å². The fourth-order valence-electron chi connectivity index (χ4n) is 1.31. The van der Waals surface area contributed by atoms with Crippen LogP contribution >= 0.6 is 12.6 Å². The summed E-state index contributed by atoms with van der Waals surface area (Å²) in [5.74, 6) is -0.605. The van der Waals surface area contributed by atoms with E-state index in [0.717, 1.165) is 5.56 Å². The zero-order chi connectivity index (χ0) is 12.8. The molecule has 17 heavy (non-hydrogen) atoms. The van der Waals surface area contributed by atoms with Crippen molar-refractivity contribution in [2.24, 2.45) is 0 Å². The van der Waals surface area contributed by atoms with Gasteiger partial charge >= 0.3 is 0 Å². The molecule has 0 spiro atoms. The molecule has 3 N–H and O–H groups in total. The minimum atomic E-state index is -0.618. The quantitative estimate of drug-likeness (QED) is 0.362. The van der Waals surface area contributed by atoms with Crippen molar-refractivity contribution in [3.8, 4) is 0 Å². The van der Waals surface area contributed by atoms with Gasteiger partial charge in [-0.1, -0.05) is 12.1 Å². The number of rotatable bonds is 5. The summed E-state index contributed by atoms with van der Waals surface area (Å²) >= 11 is 3.98. The minimum Gasteiger partial charge on any atom is -0.301 e. The molecule has 1 aromatic carbocycles. The maximum absolute atomic E-state index is 13.2. The van der Waals surface area contributed by atoms with E-state index in [0.29, 0.717) is 12.1 Å². The SMILES string of the molecule is Cc1ccc(CN[C@@H](CS)C(=O)NO)cc1F. The third-order valence-corrected chi connectivity index (χ3v) is 2.76. The molecular weight excluding hydrogens is 243 g/mol. The van der Waals surface area contributed by atoms with E-state index in [1.807, 2.05) is 0 Å². The van der Waals surface area contributed by atoms with E-state index in [-0.39, 0.29) is 11.6 Å². The van der Waals surface area contributed by atoms with E-state index in [4.69, 9.17) is 5.21 Å². The normalized spacial score (nSPS) is 12.2. The molecule has 0 saturated heterocycles. The summed E-state index contributed by atoms with van der Waals surface area (Å²) in [7, 11) is 0. The monoisotopic (exact) mass is 258 g/mol. The average Bonchev–Trinajstić information content (AvgIpc) is 2.33. The fourth-order valence-corrected chi connectivity index (χ4v) is 1.60. The number of nitrogens with one attached hydrogen (secondary N) is 2. The van der Waals surface area contributed by atoms with Crippen LogP contribution < -0.4 is 10.8 Å². The van der Waals surface area contributed by atoms with Crippen molar-refractivity contribution in [1.29, 1.82) is 0 Å². The standard InChI is InChI=1S/C11H15FN2O2S/c1-7-2-3-8(4-9(7)12)5-13-10(6-17)11(15)14-16/h2-4,10,13,16-17H,5-6H2,1H3,(H,14,15)/t10-/m0/s1. The van der Waals surface area contributed by atoms with E-state index in [9.17, 15) is 9.18 Å². The summed E-state index contributed by atoms with van der Waals surface area (Å²) in [6.07, 6.45) is 0. The molecule has 0 unspecified atom stereocenters. The predicted octanol–water partition coefficient (Wildman–Crippen LogP) is 1.03. The van der Waals surface area contributed by atoms with Crippen LogP contribution in [0.5, 0.6) is 0 Å². The zero-order valence-corrected chi connectivity index (χ0v) is 10.3. The lowest BCUT2D eigenvalue weighted by molar-refractivity contribution is -0.130. The van der Waals surface area contributed by atoms with Crippen molar-refractivity contribution in [2.75, 3.05) is 5.75 Å². The lowest BCUT2D eigenvalue weighted by Crippen LogP contribution is -2.44. The minimum absolute atomic E-state index is 0.237. The number of hydrogen-bond acceptors (Lipinski definition) is 4. The van der Waals surface area contributed by atoms with Crippen molar-refractivity contribution in [2.45, 2.75) is 19.5 Å². The molecule has 1 amide bonds. The van der Waals surface area contributed by atoms with Crippen LogP contribution in [-0.2, 0) is 11.3 Å². The molecule has 1 atom stereocenters. The molecule has 0 saturated carbocycles. The number of carbonyl (C=O) groups excluding carboxylic acids is 1. The number of amides is 1. The Morgan fingerprint density at radius 2 is 2.29 bits per heavy atom. The largest absolute Gasteiger partial charge is 0.301 e. The maximum atomic E-state index is 13.2. The highest BCUT2D eigenvalue weighted by molar-refractivity contribution is 7.80. The van der Waals surface area contributed by atoms with Crippen LogP contribution in [-0.4, -0.2) is 22.9 Å². The van der Waals surface area contributed by atoms with Gasteiger partial charge in [-0.05, 0) is 24.1 Å². The van der Waals surface area contributed by atoms with Gasteiger partial charge in [-0.25, -0.2) is 9.87 Å². The summed E-state index contributed by atoms with van der Waals surface area (Å²) in [6, 6.07) is 4.24. The Morgan fingerprint density at radius 1 is 1.59 bits per heavy atom. The van der Waals surface area contributed by atoms with Crippen LogP contribution in [0, 0.1) is 12.7 Å². The molecule has 0 bridgehead atoms. The third-order valence-electron chi connectivity index (χ3n) is 2.40. The Kier molecular flexibility index (Phi) is 5.40. The highest BCUT2D eigenvalue weighted by Crippen LogP contribution is 2.09. The highest BCUT2D eigenvalue weighted by Gasteiger charge is 2.15. The first-order valence-corrected chi connectivity index (χ1v) is 5.75. The van der Waals surface area contributed by atoms with E-state index in [2.05, 4.69) is 17.9 Å². The van der Waals surface area contributed by atoms with Crippen molar-refractivity contribution < 1.29 is 14.4 Å². The fraction of sp³-hybridized carbons (Fsp3) is 0.364. The molecule has 0 radical (unpaired) electrons. The molecule has 0 aliphatic rings.